The molecule has 9 heteroatoms. The Balaban J connectivity index is 1.85. The van der Waals surface area contributed by atoms with Crippen LogP contribution in [0.5, 0.6) is 0 Å². The summed E-state index contributed by atoms with van der Waals surface area (Å²) in [5.41, 5.74) is 0. The molecule has 1 aliphatic carbocycles. The molecule has 0 aromatic carbocycles. The molecule has 1 unspecified atom stereocenters. The van der Waals surface area contributed by atoms with Gasteiger partial charge in [0, 0.05) is 5.92 Å². The van der Waals surface area contributed by atoms with E-state index in [0.717, 1.165) is 30.7 Å². The molecule has 0 spiro atoms. The zero-order chi connectivity index (χ0) is 16.2. The van der Waals surface area contributed by atoms with Gasteiger partial charge in [0.2, 0.25) is 5.13 Å². The first-order valence-electron chi connectivity index (χ1n) is 7.18. The van der Waals surface area contributed by atoms with Gasteiger partial charge in [0.1, 0.15) is 17.7 Å². The second-order valence-electron chi connectivity index (χ2n) is 5.34. The predicted octanol–water partition coefficient (Wildman–Crippen LogP) is 3.49. The lowest BCUT2D eigenvalue weighted by molar-refractivity contribution is -0.184. The van der Waals surface area contributed by atoms with Gasteiger partial charge in [-0.3, -0.25) is 10.1 Å². The summed E-state index contributed by atoms with van der Waals surface area (Å²) >= 11 is 1.28. The molecule has 5 nitrogen and oxygen atoms in total. The summed E-state index contributed by atoms with van der Waals surface area (Å²) in [6.07, 6.45) is 0.0195. The maximum atomic E-state index is 12.0. The van der Waals surface area contributed by atoms with Crippen LogP contribution in [0, 0.1) is 0 Å². The van der Waals surface area contributed by atoms with E-state index in [-0.39, 0.29) is 0 Å². The number of carbonyl (C=O) groups excluding carboxylic acids is 1. The van der Waals surface area contributed by atoms with Crippen LogP contribution in [0.25, 0.3) is 0 Å². The van der Waals surface area contributed by atoms with Crippen LogP contribution in [-0.4, -0.2) is 35.0 Å². The van der Waals surface area contributed by atoms with E-state index in [0.29, 0.717) is 11.0 Å². The molecule has 0 radical (unpaired) electrons. The fraction of sp³-hybridized carbons (Fsp3) is 0.769. The number of nitrogens with one attached hydrogen (secondary N) is 1. The van der Waals surface area contributed by atoms with Crippen LogP contribution in [0.15, 0.2) is 0 Å². The summed E-state index contributed by atoms with van der Waals surface area (Å²) in [7, 11) is 0. The van der Waals surface area contributed by atoms with Crippen LogP contribution in [0.3, 0.4) is 0 Å². The van der Waals surface area contributed by atoms with E-state index in [1.54, 1.807) is 0 Å². The highest BCUT2D eigenvalue weighted by atomic mass is 32.1. The molecular weight excluding hydrogens is 319 g/mol. The number of amides is 1. The number of ether oxygens (including phenoxy) is 1. The number of hydrogen-bond donors (Lipinski definition) is 1. The maximum absolute atomic E-state index is 12.0. The van der Waals surface area contributed by atoms with Crippen molar-refractivity contribution in [1.29, 1.82) is 0 Å². The van der Waals surface area contributed by atoms with E-state index >= 15 is 0 Å². The molecule has 1 N–H and O–H groups in total. The van der Waals surface area contributed by atoms with Crippen molar-refractivity contribution in [3.63, 3.8) is 0 Å². The number of anilines is 1. The summed E-state index contributed by atoms with van der Waals surface area (Å²) in [5, 5.41) is 11.6. The quantitative estimate of drug-likeness (QED) is 0.893. The van der Waals surface area contributed by atoms with Gasteiger partial charge in [0.15, 0.2) is 0 Å². The Morgan fingerprint density at radius 2 is 2.05 bits per heavy atom. The molecule has 1 fully saturated rings. The van der Waals surface area contributed by atoms with E-state index in [4.69, 9.17) is 0 Å². The normalized spacial score (nSPS) is 18.2. The summed E-state index contributed by atoms with van der Waals surface area (Å²) in [4.78, 5) is 11.8. The summed E-state index contributed by atoms with van der Waals surface area (Å²) < 4.78 is 40.6. The molecular formula is C13H18F3N3O2S. The van der Waals surface area contributed by atoms with Crippen molar-refractivity contribution < 1.29 is 22.7 Å². The van der Waals surface area contributed by atoms with Crippen LogP contribution in [0.2, 0.25) is 0 Å². The van der Waals surface area contributed by atoms with Crippen molar-refractivity contribution >= 4 is 22.4 Å². The molecule has 2 rings (SSSR count). The third kappa shape index (κ3) is 5.20. The third-order valence-electron chi connectivity index (χ3n) is 3.49. The smallest absolute Gasteiger partial charge is 0.359 e. The minimum absolute atomic E-state index is 0.299. The van der Waals surface area contributed by atoms with Crippen LogP contribution in [0.4, 0.5) is 18.3 Å². The fourth-order valence-corrected chi connectivity index (χ4v) is 3.22. The van der Waals surface area contributed by atoms with E-state index < -0.39 is 24.8 Å². The van der Waals surface area contributed by atoms with Gasteiger partial charge < -0.3 is 4.74 Å². The zero-order valence-electron chi connectivity index (χ0n) is 12.2. The predicted molar refractivity (Wildman–Crippen MR) is 75.8 cm³/mol. The molecule has 1 aliphatic rings. The SMILES string of the molecule is CC(OCC(F)(F)F)C(=O)Nc1nnc(C2CCCCC2)s1. The van der Waals surface area contributed by atoms with Crippen LogP contribution >= 0.6 is 11.3 Å². The number of carbonyl (C=O) groups is 1. The first-order chi connectivity index (χ1) is 10.3. The van der Waals surface area contributed by atoms with Crippen molar-refractivity contribution in [1.82, 2.24) is 10.2 Å². The van der Waals surface area contributed by atoms with E-state index in [1.807, 2.05) is 0 Å². The zero-order valence-corrected chi connectivity index (χ0v) is 13.0. The molecule has 0 aliphatic heterocycles. The molecule has 0 saturated heterocycles. The summed E-state index contributed by atoms with van der Waals surface area (Å²) in [6.45, 7) is -0.185. The van der Waals surface area contributed by atoms with E-state index in [2.05, 4.69) is 20.3 Å². The standard InChI is InChI=1S/C13H18F3N3O2S/c1-8(21-7-13(14,15)16)10(20)17-12-19-18-11(22-12)9-5-3-2-4-6-9/h8-9H,2-7H2,1H3,(H,17,19,20). The lowest BCUT2D eigenvalue weighted by Gasteiger charge is -2.18. The first-order valence-corrected chi connectivity index (χ1v) is 7.99. The highest BCUT2D eigenvalue weighted by Gasteiger charge is 2.30. The maximum Gasteiger partial charge on any atom is 0.411 e. The van der Waals surface area contributed by atoms with Crippen LogP contribution < -0.4 is 5.32 Å². The molecule has 0 bridgehead atoms. The second-order valence-corrected chi connectivity index (χ2v) is 6.35. The summed E-state index contributed by atoms with van der Waals surface area (Å²) in [5.74, 6) is -0.286. The van der Waals surface area contributed by atoms with E-state index in [1.165, 1.54) is 24.7 Å². The number of aromatic nitrogens is 2. The van der Waals surface area contributed by atoms with Gasteiger partial charge in [-0.25, -0.2) is 0 Å². The fourth-order valence-electron chi connectivity index (χ4n) is 2.30. The van der Waals surface area contributed by atoms with Gasteiger partial charge in [-0.2, -0.15) is 13.2 Å². The van der Waals surface area contributed by atoms with Crippen molar-refractivity contribution in [2.45, 2.75) is 57.2 Å². The highest BCUT2D eigenvalue weighted by molar-refractivity contribution is 7.15. The van der Waals surface area contributed by atoms with Gasteiger partial charge in [-0.15, -0.1) is 10.2 Å². The van der Waals surface area contributed by atoms with Gasteiger partial charge in [-0.1, -0.05) is 30.6 Å². The number of halogens is 3. The topological polar surface area (TPSA) is 64.1 Å². The van der Waals surface area contributed by atoms with Crippen LogP contribution in [0.1, 0.15) is 50.0 Å². The molecule has 1 aromatic heterocycles. The molecule has 22 heavy (non-hydrogen) atoms. The molecule has 124 valence electrons. The Bertz CT molecular complexity index is 501. The number of hydrogen-bond acceptors (Lipinski definition) is 5. The Morgan fingerprint density at radius 1 is 1.36 bits per heavy atom. The monoisotopic (exact) mass is 337 g/mol. The lowest BCUT2D eigenvalue weighted by atomic mass is 9.90. The van der Waals surface area contributed by atoms with Crippen molar-refractivity contribution in [2.75, 3.05) is 11.9 Å². The van der Waals surface area contributed by atoms with Gasteiger partial charge in [0.05, 0.1) is 0 Å². The van der Waals surface area contributed by atoms with Crippen molar-refractivity contribution in [3.05, 3.63) is 5.01 Å². The first kappa shape index (κ1) is 17.1. The molecule has 1 aromatic rings. The largest absolute Gasteiger partial charge is 0.411 e. The van der Waals surface area contributed by atoms with Gasteiger partial charge >= 0.3 is 6.18 Å². The molecule has 1 amide bonds. The number of alkyl halides is 3. The minimum atomic E-state index is -4.45. The Labute approximate surface area is 130 Å². The van der Waals surface area contributed by atoms with E-state index in [9.17, 15) is 18.0 Å². The number of nitrogens with zero attached hydrogens (tertiary/aromatic N) is 2. The van der Waals surface area contributed by atoms with Gasteiger partial charge in [0.25, 0.3) is 5.91 Å². The van der Waals surface area contributed by atoms with Crippen molar-refractivity contribution in [2.24, 2.45) is 0 Å². The second kappa shape index (κ2) is 7.36. The van der Waals surface area contributed by atoms with Gasteiger partial charge in [-0.05, 0) is 19.8 Å². The molecule has 1 saturated carbocycles. The molecule has 1 atom stereocenters. The average Bonchev–Trinajstić information content (AvgIpc) is 2.93. The Morgan fingerprint density at radius 3 is 2.68 bits per heavy atom. The lowest BCUT2D eigenvalue weighted by Crippen LogP contribution is -2.31. The summed E-state index contributed by atoms with van der Waals surface area (Å²) in [6, 6.07) is 0. The third-order valence-corrected chi connectivity index (χ3v) is 4.49. The Kier molecular flexibility index (Phi) is 5.74. The highest BCUT2D eigenvalue weighted by Crippen LogP contribution is 2.35. The average molecular weight is 337 g/mol. The van der Waals surface area contributed by atoms with Crippen molar-refractivity contribution in [3.8, 4) is 0 Å². The minimum Gasteiger partial charge on any atom is -0.359 e. The molecule has 1 heterocycles. The van der Waals surface area contributed by atoms with Crippen LogP contribution in [-0.2, 0) is 9.53 Å². The Hall–Kier alpha value is -1.22. The number of rotatable bonds is 5.